The van der Waals surface area contributed by atoms with Crippen molar-refractivity contribution in [1.82, 2.24) is 4.57 Å². The number of aromatic nitrogens is 1. The van der Waals surface area contributed by atoms with Gasteiger partial charge in [0.25, 0.3) is 0 Å². The second kappa shape index (κ2) is 5.21. The number of aromatic carboxylic acids is 1. The van der Waals surface area contributed by atoms with Gasteiger partial charge in [0.05, 0.1) is 12.8 Å². The zero-order valence-electron chi connectivity index (χ0n) is 11.5. The lowest BCUT2D eigenvalue weighted by atomic mass is 10.2. The first-order valence-corrected chi connectivity index (χ1v) is 6.05. The minimum Gasteiger partial charge on any atom is -0.495 e. The van der Waals surface area contributed by atoms with Crippen molar-refractivity contribution in [2.45, 2.75) is 13.8 Å². The molecule has 5 heteroatoms. The number of hydrogen-bond acceptors (Lipinski definition) is 3. The van der Waals surface area contributed by atoms with Crippen molar-refractivity contribution >= 4 is 11.8 Å². The van der Waals surface area contributed by atoms with E-state index in [9.17, 15) is 14.7 Å². The fraction of sp³-hybridized carbons (Fsp3) is 0.200. The van der Waals surface area contributed by atoms with E-state index in [1.807, 2.05) is 19.1 Å². The molecule has 1 aromatic heterocycles. The van der Waals surface area contributed by atoms with Gasteiger partial charge >= 0.3 is 5.97 Å². The predicted octanol–water partition coefficient (Wildman–Crippen LogP) is 2.70. The number of carboxylic acid groups (broad SMARTS) is 1. The number of carbonyl (C=O) groups is 2. The summed E-state index contributed by atoms with van der Waals surface area (Å²) in [6, 6.07) is 6.82. The standard InChI is InChI=1S/C15H15NO4/c1-9-4-5-14(20-3)12(6-9)16-8-11(10(2)17)7-13(16)15(18)19/h4-8H,1-3H3,(H,18,19). The maximum Gasteiger partial charge on any atom is 0.352 e. The van der Waals surface area contributed by atoms with Crippen molar-refractivity contribution in [1.29, 1.82) is 0 Å². The number of carboxylic acids is 1. The Kier molecular flexibility index (Phi) is 3.61. The van der Waals surface area contributed by atoms with Gasteiger partial charge in [0.2, 0.25) is 0 Å². The molecule has 0 unspecified atom stereocenters. The monoisotopic (exact) mass is 273 g/mol. The highest BCUT2D eigenvalue weighted by Crippen LogP contribution is 2.27. The molecule has 0 atom stereocenters. The van der Waals surface area contributed by atoms with E-state index < -0.39 is 5.97 Å². The Morgan fingerprint density at radius 3 is 2.50 bits per heavy atom. The molecule has 0 aliphatic carbocycles. The Morgan fingerprint density at radius 1 is 1.25 bits per heavy atom. The second-order valence-electron chi connectivity index (χ2n) is 4.52. The van der Waals surface area contributed by atoms with Gasteiger partial charge in [0.15, 0.2) is 5.78 Å². The molecule has 0 saturated heterocycles. The molecule has 0 aliphatic rings. The molecule has 1 heterocycles. The van der Waals surface area contributed by atoms with E-state index in [1.54, 1.807) is 6.07 Å². The highest BCUT2D eigenvalue weighted by Gasteiger charge is 2.18. The summed E-state index contributed by atoms with van der Waals surface area (Å²) in [7, 11) is 1.52. The van der Waals surface area contributed by atoms with E-state index in [1.165, 1.54) is 30.9 Å². The summed E-state index contributed by atoms with van der Waals surface area (Å²) in [5.74, 6) is -0.734. The summed E-state index contributed by atoms with van der Waals surface area (Å²) in [4.78, 5) is 22.8. The number of ketones is 1. The average molecular weight is 273 g/mol. The molecule has 0 fully saturated rings. The molecule has 0 bridgehead atoms. The van der Waals surface area contributed by atoms with E-state index >= 15 is 0 Å². The lowest BCUT2D eigenvalue weighted by Crippen LogP contribution is -2.07. The van der Waals surface area contributed by atoms with Gasteiger partial charge in [-0.25, -0.2) is 4.79 Å². The number of methoxy groups -OCH3 is 1. The van der Waals surface area contributed by atoms with Crippen LogP contribution >= 0.6 is 0 Å². The highest BCUT2D eigenvalue weighted by molar-refractivity contribution is 5.97. The van der Waals surface area contributed by atoms with E-state index in [4.69, 9.17) is 4.74 Å². The van der Waals surface area contributed by atoms with Crippen LogP contribution in [0.3, 0.4) is 0 Å². The Labute approximate surface area is 116 Å². The summed E-state index contributed by atoms with van der Waals surface area (Å²) in [5.41, 5.74) is 1.94. The molecule has 1 N–H and O–H groups in total. The molecule has 5 nitrogen and oxygen atoms in total. The SMILES string of the molecule is COc1ccc(C)cc1-n1cc(C(C)=O)cc1C(=O)O. The van der Waals surface area contributed by atoms with E-state index in [2.05, 4.69) is 0 Å². The number of Topliss-reactive ketones (excluding diaryl/α,β-unsaturated/α-hetero) is 1. The third-order valence-corrected chi connectivity index (χ3v) is 3.04. The number of hydrogen-bond donors (Lipinski definition) is 1. The Balaban J connectivity index is 2.71. The molecule has 104 valence electrons. The smallest absolute Gasteiger partial charge is 0.352 e. The minimum absolute atomic E-state index is 0.0269. The molecule has 2 aromatic rings. The molecular formula is C15H15NO4. The Bertz CT molecular complexity index is 685. The quantitative estimate of drug-likeness (QED) is 0.870. The summed E-state index contributed by atoms with van der Waals surface area (Å²) in [6.45, 7) is 3.30. The number of aryl methyl sites for hydroxylation is 1. The zero-order chi connectivity index (χ0) is 14.9. The van der Waals surface area contributed by atoms with E-state index in [-0.39, 0.29) is 11.5 Å². The van der Waals surface area contributed by atoms with Crippen LogP contribution in [0.4, 0.5) is 0 Å². The normalized spacial score (nSPS) is 10.3. The van der Waals surface area contributed by atoms with Crippen molar-refractivity contribution < 1.29 is 19.4 Å². The van der Waals surface area contributed by atoms with Gasteiger partial charge in [0.1, 0.15) is 11.4 Å². The van der Waals surface area contributed by atoms with Crippen molar-refractivity contribution in [3.63, 3.8) is 0 Å². The number of rotatable bonds is 4. The first-order chi connectivity index (χ1) is 9.43. The van der Waals surface area contributed by atoms with Gasteiger partial charge in [-0.3, -0.25) is 4.79 Å². The summed E-state index contributed by atoms with van der Waals surface area (Å²) in [5, 5.41) is 9.28. The largest absolute Gasteiger partial charge is 0.495 e. The van der Waals surface area contributed by atoms with E-state index in [0.717, 1.165) is 5.56 Å². The van der Waals surface area contributed by atoms with Gasteiger partial charge in [-0.05, 0) is 37.6 Å². The topological polar surface area (TPSA) is 68.5 Å². The number of nitrogens with zero attached hydrogens (tertiary/aromatic N) is 1. The highest BCUT2D eigenvalue weighted by atomic mass is 16.5. The van der Waals surface area contributed by atoms with Crippen molar-refractivity contribution in [3.05, 3.63) is 47.3 Å². The number of ether oxygens (including phenoxy) is 1. The van der Waals surface area contributed by atoms with Crippen LogP contribution in [0, 0.1) is 6.92 Å². The minimum atomic E-state index is -1.10. The number of benzene rings is 1. The molecule has 20 heavy (non-hydrogen) atoms. The van der Waals surface area contributed by atoms with Crippen molar-refractivity contribution in [3.8, 4) is 11.4 Å². The molecular weight excluding hydrogens is 258 g/mol. The van der Waals surface area contributed by atoms with Gasteiger partial charge in [0, 0.05) is 11.8 Å². The van der Waals surface area contributed by atoms with Crippen LogP contribution < -0.4 is 4.74 Å². The van der Waals surface area contributed by atoms with Crippen LogP contribution in [-0.2, 0) is 0 Å². The van der Waals surface area contributed by atoms with Gasteiger partial charge in [-0.15, -0.1) is 0 Å². The summed E-state index contributed by atoms with van der Waals surface area (Å²) >= 11 is 0. The maximum absolute atomic E-state index is 11.4. The lowest BCUT2D eigenvalue weighted by molar-refractivity contribution is 0.0688. The van der Waals surface area contributed by atoms with E-state index in [0.29, 0.717) is 17.0 Å². The van der Waals surface area contributed by atoms with Crippen LogP contribution in [0.15, 0.2) is 30.5 Å². The van der Waals surface area contributed by atoms with Gasteiger partial charge in [-0.2, -0.15) is 0 Å². The van der Waals surface area contributed by atoms with Crippen LogP contribution in [0.5, 0.6) is 5.75 Å². The zero-order valence-corrected chi connectivity index (χ0v) is 11.5. The first-order valence-electron chi connectivity index (χ1n) is 6.05. The molecule has 2 rings (SSSR count). The van der Waals surface area contributed by atoms with Crippen LogP contribution in [0.2, 0.25) is 0 Å². The second-order valence-corrected chi connectivity index (χ2v) is 4.52. The average Bonchev–Trinajstić information content (AvgIpc) is 2.83. The Morgan fingerprint density at radius 2 is 1.95 bits per heavy atom. The third-order valence-electron chi connectivity index (χ3n) is 3.04. The number of carbonyl (C=O) groups excluding carboxylic acids is 1. The van der Waals surface area contributed by atoms with Crippen LogP contribution in [0.1, 0.15) is 33.3 Å². The molecule has 0 amide bonds. The van der Waals surface area contributed by atoms with Crippen molar-refractivity contribution in [2.24, 2.45) is 0 Å². The first kappa shape index (κ1) is 13.9. The van der Waals surface area contributed by atoms with Crippen molar-refractivity contribution in [2.75, 3.05) is 7.11 Å². The van der Waals surface area contributed by atoms with Crippen LogP contribution in [0.25, 0.3) is 5.69 Å². The molecule has 0 saturated carbocycles. The maximum atomic E-state index is 11.4. The summed E-state index contributed by atoms with van der Waals surface area (Å²) < 4.78 is 6.72. The fourth-order valence-electron chi connectivity index (χ4n) is 2.01. The predicted molar refractivity (Wildman–Crippen MR) is 74.0 cm³/mol. The Hall–Kier alpha value is -2.56. The third kappa shape index (κ3) is 2.42. The fourth-order valence-corrected chi connectivity index (χ4v) is 2.01. The molecule has 0 spiro atoms. The van der Waals surface area contributed by atoms with Crippen LogP contribution in [-0.4, -0.2) is 28.5 Å². The molecule has 1 aromatic carbocycles. The van der Waals surface area contributed by atoms with Gasteiger partial charge < -0.3 is 14.4 Å². The molecule has 0 radical (unpaired) electrons. The van der Waals surface area contributed by atoms with Gasteiger partial charge in [-0.1, -0.05) is 6.07 Å². The lowest BCUT2D eigenvalue weighted by Gasteiger charge is -2.12. The summed E-state index contributed by atoms with van der Waals surface area (Å²) in [6.07, 6.45) is 1.52. The molecule has 0 aliphatic heterocycles.